The van der Waals surface area contributed by atoms with E-state index in [1.807, 2.05) is 6.07 Å². The summed E-state index contributed by atoms with van der Waals surface area (Å²) in [6.07, 6.45) is 0. The summed E-state index contributed by atoms with van der Waals surface area (Å²) >= 11 is 7.15. The van der Waals surface area contributed by atoms with Gasteiger partial charge < -0.3 is 5.11 Å². The van der Waals surface area contributed by atoms with Gasteiger partial charge in [0.25, 0.3) is 0 Å². The Labute approximate surface area is 103 Å². The molecule has 0 aliphatic rings. The van der Waals surface area contributed by atoms with E-state index in [2.05, 4.69) is 0 Å². The van der Waals surface area contributed by atoms with Gasteiger partial charge >= 0.3 is 5.97 Å². The van der Waals surface area contributed by atoms with E-state index in [0.29, 0.717) is 16.3 Å². The molecule has 0 heterocycles. The number of aliphatic carboxylic acids is 1. The van der Waals surface area contributed by atoms with Crippen LogP contribution in [0.1, 0.15) is 12.5 Å². The minimum atomic E-state index is -0.840. The molecular formula is C11H10ClNO2S. The monoisotopic (exact) mass is 255 g/mol. The molecule has 1 atom stereocenters. The second-order valence-electron chi connectivity index (χ2n) is 3.30. The second-order valence-corrected chi connectivity index (χ2v) is 4.80. The average molecular weight is 256 g/mol. The molecule has 0 aromatic heterocycles. The largest absolute Gasteiger partial charge is 0.481 e. The molecule has 0 aliphatic carbocycles. The molecule has 1 aromatic carbocycles. The first-order chi connectivity index (χ1) is 7.54. The maximum Gasteiger partial charge on any atom is 0.307 e. The Morgan fingerprint density at radius 3 is 2.94 bits per heavy atom. The lowest BCUT2D eigenvalue weighted by Crippen LogP contribution is -2.11. The number of halogens is 1. The third kappa shape index (κ3) is 3.44. The number of rotatable bonds is 4. The predicted octanol–water partition coefficient (Wildman–Crippen LogP) is 3.02. The van der Waals surface area contributed by atoms with Crippen LogP contribution in [-0.2, 0) is 4.79 Å². The zero-order valence-corrected chi connectivity index (χ0v) is 10.2. The van der Waals surface area contributed by atoms with Gasteiger partial charge in [0.2, 0.25) is 0 Å². The first-order valence-corrected chi connectivity index (χ1v) is 5.96. The van der Waals surface area contributed by atoms with Crippen molar-refractivity contribution in [1.82, 2.24) is 0 Å². The lowest BCUT2D eigenvalue weighted by Gasteiger charge is -2.07. The van der Waals surface area contributed by atoms with Gasteiger partial charge in [-0.25, -0.2) is 0 Å². The molecule has 1 N–H and O–H groups in total. The lowest BCUT2D eigenvalue weighted by molar-refractivity contribution is -0.140. The van der Waals surface area contributed by atoms with Crippen molar-refractivity contribution in [3.8, 4) is 6.07 Å². The predicted molar refractivity (Wildman–Crippen MR) is 63.7 cm³/mol. The topological polar surface area (TPSA) is 61.1 Å². The van der Waals surface area contributed by atoms with E-state index >= 15 is 0 Å². The standard InChI is InChI=1S/C11H10ClNO2S/c1-7(11(14)15)6-16-10-4-9(12)3-2-8(10)5-13/h2-4,7H,6H2,1H3,(H,14,15). The zero-order valence-electron chi connectivity index (χ0n) is 8.61. The molecule has 5 heteroatoms. The summed E-state index contributed by atoms with van der Waals surface area (Å²) in [5.41, 5.74) is 0.520. The fourth-order valence-electron chi connectivity index (χ4n) is 0.994. The van der Waals surface area contributed by atoms with Crippen LogP contribution >= 0.6 is 23.4 Å². The Bertz CT molecular complexity index is 442. The van der Waals surface area contributed by atoms with E-state index < -0.39 is 11.9 Å². The van der Waals surface area contributed by atoms with Gasteiger partial charge in [-0.2, -0.15) is 5.26 Å². The highest BCUT2D eigenvalue weighted by molar-refractivity contribution is 7.99. The molecule has 0 fully saturated rings. The number of carboxylic acid groups (broad SMARTS) is 1. The molecule has 3 nitrogen and oxygen atoms in total. The molecule has 0 bridgehead atoms. The van der Waals surface area contributed by atoms with Gasteiger partial charge in [-0.1, -0.05) is 18.5 Å². The van der Waals surface area contributed by atoms with E-state index in [1.54, 1.807) is 25.1 Å². The van der Waals surface area contributed by atoms with Gasteiger partial charge in [-0.15, -0.1) is 11.8 Å². The van der Waals surface area contributed by atoms with E-state index in [-0.39, 0.29) is 0 Å². The molecular weight excluding hydrogens is 246 g/mol. The van der Waals surface area contributed by atoms with Crippen LogP contribution in [0.4, 0.5) is 0 Å². The lowest BCUT2D eigenvalue weighted by atomic mass is 10.2. The Morgan fingerprint density at radius 1 is 1.69 bits per heavy atom. The maximum atomic E-state index is 10.6. The Hall–Kier alpha value is -1.18. The summed E-state index contributed by atoms with van der Waals surface area (Å²) in [6, 6.07) is 7.01. The number of benzene rings is 1. The highest BCUT2D eigenvalue weighted by atomic mass is 35.5. The smallest absolute Gasteiger partial charge is 0.307 e. The van der Waals surface area contributed by atoms with Crippen LogP contribution in [0.5, 0.6) is 0 Å². The van der Waals surface area contributed by atoms with Gasteiger partial charge in [-0.05, 0) is 18.2 Å². The van der Waals surface area contributed by atoms with Crippen molar-refractivity contribution in [3.05, 3.63) is 28.8 Å². The van der Waals surface area contributed by atoms with Crippen molar-refractivity contribution < 1.29 is 9.90 Å². The highest BCUT2D eigenvalue weighted by Crippen LogP contribution is 2.27. The Morgan fingerprint density at radius 2 is 2.38 bits per heavy atom. The Kier molecular flexibility index (Phi) is 4.66. The quantitative estimate of drug-likeness (QED) is 0.840. The van der Waals surface area contributed by atoms with E-state index in [4.69, 9.17) is 22.0 Å². The van der Waals surface area contributed by atoms with Gasteiger partial charge in [0.15, 0.2) is 0 Å². The summed E-state index contributed by atoms with van der Waals surface area (Å²) in [4.78, 5) is 11.4. The number of carboxylic acids is 1. The van der Waals surface area contributed by atoms with Gasteiger partial charge in [0.1, 0.15) is 6.07 Å². The first kappa shape index (κ1) is 12.9. The van der Waals surface area contributed by atoms with Crippen molar-refractivity contribution >= 4 is 29.3 Å². The minimum Gasteiger partial charge on any atom is -0.481 e. The molecule has 1 aromatic rings. The zero-order chi connectivity index (χ0) is 12.1. The van der Waals surface area contributed by atoms with E-state index in [0.717, 1.165) is 4.90 Å². The summed E-state index contributed by atoms with van der Waals surface area (Å²) < 4.78 is 0. The first-order valence-electron chi connectivity index (χ1n) is 4.60. The average Bonchev–Trinajstić information content (AvgIpc) is 2.25. The number of nitriles is 1. The normalized spacial score (nSPS) is 11.8. The third-order valence-corrected chi connectivity index (χ3v) is 3.53. The fraction of sp³-hybridized carbons (Fsp3) is 0.273. The van der Waals surface area contributed by atoms with Crippen LogP contribution in [0.25, 0.3) is 0 Å². The number of carbonyl (C=O) groups is 1. The molecule has 0 spiro atoms. The van der Waals surface area contributed by atoms with Crippen LogP contribution in [0, 0.1) is 17.2 Å². The van der Waals surface area contributed by atoms with Crippen LogP contribution in [0.2, 0.25) is 5.02 Å². The van der Waals surface area contributed by atoms with E-state index in [9.17, 15) is 4.79 Å². The molecule has 16 heavy (non-hydrogen) atoms. The second kappa shape index (κ2) is 5.78. The number of hydrogen-bond donors (Lipinski definition) is 1. The maximum absolute atomic E-state index is 10.6. The van der Waals surface area contributed by atoms with Crippen LogP contribution in [0.3, 0.4) is 0 Å². The van der Waals surface area contributed by atoms with Crippen LogP contribution in [-0.4, -0.2) is 16.8 Å². The molecule has 0 amide bonds. The van der Waals surface area contributed by atoms with Crippen molar-refractivity contribution in [2.45, 2.75) is 11.8 Å². The van der Waals surface area contributed by atoms with Crippen LogP contribution in [0.15, 0.2) is 23.1 Å². The molecule has 0 saturated carbocycles. The summed E-state index contributed by atoms with van der Waals surface area (Å²) in [5, 5.41) is 18.1. The summed E-state index contributed by atoms with van der Waals surface area (Å²) in [6.45, 7) is 1.63. The molecule has 0 aliphatic heterocycles. The molecule has 1 unspecified atom stereocenters. The van der Waals surface area contributed by atoms with Crippen molar-refractivity contribution in [3.63, 3.8) is 0 Å². The highest BCUT2D eigenvalue weighted by Gasteiger charge is 2.12. The van der Waals surface area contributed by atoms with Crippen molar-refractivity contribution in [1.29, 1.82) is 5.26 Å². The van der Waals surface area contributed by atoms with Crippen LogP contribution < -0.4 is 0 Å². The third-order valence-electron chi connectivity index (χ3n) is 1.97. The number of hydrogen-bond acceptors (Lipinski definition) is 3. The molecule has 84 valence electrons. The van der Waals surface area contributed by atoms with Gasteiger partial charge in [0, 0.05) is 15.7 Å². The summed E-state index contributed by atoms with van der Waals surface area (Å²) in [7, 11) is 0. The SMILES string of the molecule is CC(CSc1cc(Cl)ccc1C#N)C(=O)O. The van der Waals surface area contributed by atoms with Gasteiger partial charge in [-0.3, -0.25) is 4.79 Å². The van der Waals surface area contributed by atoms with Gasteiger partial charge in [0.05, 0.1) is 11.5 Å². The molecule has 0 saturated heterocycles. The minimum absolute atomic E-state index is 0.421. The fourth-order valence-corrected chi connectivity index (χ4v) is 2.28. The number of thioether (sulfide) groups is 1. The Balaban J connectivity index is 2.77. The molecule has 1 rings (SSSR count). The summed E-state index contributed by atoms with van der Waals surface area (Å²) in [5.74, 6) is -0.867. The van der Waals surface area contributed by atoms with Crippen molar-refractivity contribution in [2.24, 2.45) is 5.92 Å². The molecule has 0 radical (unpaired) electrons. The number of nitrogens with zero attached hydrogens (tertiary/aromatic N) is 1. The van der Waals surface area contributed by atoms with Crippen molar-refractivity contribution in [2.75, 3.05) is 5.75 Å². The van der Waals surface area contributed by atoms with E-state index in [1.165, 1.54) is 11.8 Å².